The maximum Gasteiger partial charge on any atom is 0.228 e. The molecule has 0 radical (unpaired) electrons. The van der Waals surface area contributed by atoms with E-state index in [0.29, 0.717) is 23.7 Å². The first-order valence-electron chi connectivity index (χ1n) is 10.4. The summed E-state index contributed by atoms with van der Waals surface area (Å²) in [5.74, 6) is 0.0888. The van der Waals surface area contributed by atoms with Crippen LogP contribution in [0.4, 0.5) is 5.82 Å². The Morgan fingerprint density at radius 2 is 2.03 bits per heavy atom. The van der Waals surface area contributed by atoms with E-state index < -0.39 is 6.23 Å². The predicted octanol–water partition coefficient (Wildman–Crippen LogP) is 3.06. The van der Waals surface area contributed by atoms with Crippen LogP contribution in [0.15, 0.2) is 18.5 Å². The van der Waals surface area contributed by atoms with Crippen molar-refractivity contribution in [3.8, 4) is 11.1 Å². The highest BCUT2D eigenvalue weighted by molar-refractivity contribution is 6.33. The summed E-state index contributed by atoms with van der Waals surface area (Å²) in [6.45, 7) is 1.50. The first-order valence-corrected chi connectivity index (χ1v) is 10.8. The van der Waals surface area contributed by atoms with Crippen LogP contribution in [0.1, 0.15) is 57.4 Å². The fourth-order valence-electron chi connectivity index (χ4n) is 4.48. The number of nitrogens with one attached hydrogen (secondary N) is 2. The number of carbonyl (C=O) groups is 2. The fraction of sp³-hybridized carbons (Fsp3) is 0.524. The Balaban J connectivity index is 1.51. The summed E-state index contributed by atoms with van der Waals surface area (Å²) in [6, 6.07) is 1.79. The lowest BCUT2D eigenvalue weighted by atomic mass is 9.85. The summed E-state index contributed by atoms with van der Waals surface area (Å²) in [4.78, 5) is 28.4. The molecule has 2 aliphatic rings. The van der Waals surface area contributed by atoms with Gasteiger partial charge in [-0.2, -0.15) is 5.10 Å². The van der Waals surface area contributed by atoms with E-state index in [-0.39, 0.29) is 23.8 Å². The van der Waals surface area contributed by atoms with Crippen LogP contribution in [0.3, 0.4) is 0 Å². The van der Waals surface area contributed by atoms with E-state index in [1.807, 2.05) is 0 Å². The quantitative estimate of drug-likeness (QED) is 0.689. The Morgan fingerprint density at radius 3 is 2.83 bits per heavy atom. The first-order chi connectivity index (χ1) is 14.4. The minimum Gasteiger partial charge on any atom is -0.372 e. The molecule has 1 aliphatic heterocycles. The molecule has 30 heavy (non-hydrogen) atoms. The molecule has 0 bridgehead atoms. The number of aromatic nitrogens is 3. The highest BCUT2D eigenvalue weighted by atomic mass is 35.5. The van der Waals surface area contributed by atoms with Gasteiger partial charge >= 0.3 is 0 Å². The molecule has 1 aliphatic carbocycles. The molecule has 8 nitrogen and oxygen atoms in total. The molecule has 1 saturated carbocycles. The number of aliphatic hydroxyl groups is 1. The molecule has 0 spiro atoms. The second kappa shape index (κ2) is 8.73. The molecule has 1 unspecified atom stereocenters. The molecule has 2 aromatic heterocycles. The van der Waals surface area contributed by atoms with Crippen molar-refractivity contribution in [2.75, 3.05) is 5.32 Å². The molecular formula is C21H26ClN5O3. The number of amides is 2. The molecule has 4 rings (SSSR count). The third-order valence-corrected chi connectivity index (χ3v) is 6.21. The van der Waals surface area contributed by atoms with E-state index in [4.69, 9.17) is 11.6 Å². The second-order valence-corrected chi connectivity index (χ2v) is 8.53. The van der Waals surface area contributed by atoms with E-state index in [1.165, 1.54) is 13.1 Å². The standard InChI is InChI=1S/C21H26ClN5O3/c1-12(28)25-14-5-2-4-13(8-14)21(30)26-19-9-15(17(22)11-23-19)16-10-24-27-18(16)6-3-7-20(27)29/h9-11,13-14,20,29H,2-8H2,1H3,(H,25,28)(H,23,26,30)/t13-,14+,20?/m0/s1. The molecular weight excluding hydrogens is 406 g/mol. The van der Waals surface area contributed by atoms with Crippen molar-refractivity contribution in [1.82, 2.24) is 20.1 Å². The van der Waals surface area contributed by atoms with Crippen LogP contribution in [-0.2, 0) is 16.0 Å². The number of pyridine rings is 1. The lowest BCUT2D eigenvalue weighted by Crippen LogP contribution is -2.40. The van der Waals surface area contributed by atoms with Crippen LogP contribution in [0.5, 0.6) is 0 Å². The number of rotatable bonds is 4. The lowest BCUT2D eigenvalue weighted by Gasteiger charge is -2.28. The third-order valence-electron chi connectivity index (χ3n) is 5.91. The van der Waals surface area contributed by atoms with Crippen molar-refractivity contribution in [3.05, 3.63) is 29.2 Å². The molecule has 9 heteroatoms. The van der Waals surface area contributed by atoms with Crippen LogP contribution in [0, 0.1) is 5.92 Å². The lowest BCUT2D eigenvalue weighted by molar-refractivity contribution is -0.123. The minimum atomic E-state index is -0.620. The zero-order valence-electron chi connectivity index (χ0n) is 16.9. The second-order valence-electron chi connectivity index (χ2n) is 8.12. The van der Waals surface area contributed by atoms with Gasteiger partial charge in [0.25, 0.3) is 0 Å². The Morgan fingerprint density at radius 1 is 1.20 bits per heavy atom. The Labute approximate surface area is 180 Å². The molecule has 0 saturated heterocycles. The van der Waals surface area contributed by atoms with Gasteiger partial charge in [-0.05, 0) is 44.6 Å². The van der Waals surface area contributed by atoms with E-state index in [1.54, 1.807) is 16.9 Å². The zero-order chi connectivity index (χ0) is 21.3. The van der Waals surface area contributed by atoms with Gasteiger partial charge < -0.3 is 15.7 Å². The van der Waals surface area contributed by atoms with Crippen LogP contribution in [-0.4, -0.2) is 37.7 Å². The summed E-state index contributed by atoms with van der Waals surface area (Å²) < 4.78 is 1.64. The zero-order valence-corrected chi connectivity index (χ0v) is 17.7. The van der Waals surface area contributed by atoms with Gasteiger partial charge in [-0.1, -0.05) is 18.0 Å². The number of halogens is 1. The van der Waals surface area contributed by atoms with E-state index in [2.05, 4.69) is 20.7 Å². The van der Waals surface area contributed by atoms with Crippen LogP contribution in [0.2, 0.25) is 5.02 Å². The van der Waals surface area contributed by atoms with Crippen LogP contribution < -0.4 is 10.6 Å². The van der Waals surface area contributed by atoms with Crippen molar-refractivity contribution in [2.45, 2.75) is 64.1 Å². The Bertz CT molecular complexity index is 960. The SMILES string of the molecule is CC(=O)N[C@@H]1CCC[C@H](C(=O)Nc2cc(-c3cnn4c3CCCC4O)c(Cl)cn2)C1. The number of nitrogens with zero attached hydrogens (tertiary/aromatic N) is 3. The number of anilines is 1. The van der Waals surface area contributed by atoms with E-state index >= 15 is 0 Å². The van der Waals surface area contributed by atoms with E-state index in [0.717, 1.165) is 48.9 Å². The van der Waals surface area contributed by atoms with Crippen molar-refractivity contribution >= 4 is 29.2 Å². The van der Waals surface area contributed by atoms with Crippen molar-refractivity contribution < 1.29 is 14.7 Å². The maximum absolute atomic E-state index is 12.8. The van der Waals surface area contributed by atoms with Crippen LogP contribution in [0.25, 0.3) is 11.1 Å². The number of hydrogen-bond donors (Lipinski definition) is 3. The number of fused-ring (bicyclic) bond motifs is 1. The smallest absolute Gasteiger partial charge is 0.228 e. The maximum atomic E-state index is 12.8. The largest absolute Gasteiger partial charge is 0.372 e. The molecule has 1 fully saturated rings. The Hall–Kier alpha value is -2.45. The molecule has 2 aromatic rings. The van der Waals surface area contributed by atoms with Gasteiger partial charge in [0.05, 0.1) is 11.2 Å². The summed E-state index contributed by atoms with van der Waals surface area (Å²) in [7, 11) is 0. The van der Waals surface area contributed by atoms with Gasteiger partial charge in [0.15, 0.2) is 0 Å². The topological polar surface area (TPSA) is 109 Å². The molecule has 3 N–H and O–H groups in total. The number of aliphatic hydroxyl groups excluding tert-OH is 1. The van der Waals surface area contributed by atoms with Crippen LogP contribution >= 0.6 is 11.6 Å². The molecule has 3 heterocycles. The average molecular weight is 432 g/mol. The van der Waals surface area contributed by atoms with E-state index in [9.17, 15) is 14.7 Å². The fourth-order valence-corrected chi connectivity index (χ4v) is 4.69. The monoisotopic (exact) mass is 431 g/mol. The summed E-state index contributed by atoms with van der Waals surface area (Å²) >= 11 is 6.40. The van der Waals surface area contributed by atoms with Crippen molar-refractivity contribution in [3.63, 3.8) is 0 Å². The van der Waals surface area contributed by atoms with Gasteiger partial charge in [0.2, 0.25) is 11.8 Å². The highest BCUT2D eigenvalue weighted by Gasteiger charge is 2.28. The number of carbonyl (C=O) groups excluding carboxylic acids is 2. The van der Waals surface area contributed by atoms with Gasteiger partial charge in [-0.15, -0.1) is 0 Å². The predicted molar refractivity (Wildman–Crippen MR) is 113 cm³/mol. The number of hydrogen-bond acceptors (Lipinski definition) is 5. The van der Waals surface area contributed by atoms with Gasteiger partial charge in [0.1, 0.15) is 12.0 Å². The molecule has 3 atom stereocenters. The van der Waals surface area contributed by atoms with Crippen molar-refractivity contribution in [1.29, 1.82) is 0 Å². The van der Waals surface area contributed by atoms with Crippen molar-refractivity contribution in [2.24, 2.45) is 5.92 Å². The minimum absolute atomic E-state index is 0.0334. The van der Waals surface area contributed by atoms with Gasteiger partial charge in [-0.3, -0.25) is 9.59 Å². The normalized spacial score (nSPS) is 23.5. The summed E-state index contributed by atoms with van der Waals surface area (Å²) in [5, 5.41) is 20.8. The average Bonchev–Trinajstić information content (AvgIpc) is 3.14. The molecule has 2 amide bonds. The summed E-state index contributed by atoms with van der Waals surface area (Å²) in [6.07, 6.45) is 8.18. The first kappa shape index (κ1) is 20.8. The molecule has 0 aromatic carbocycles. The summed E-state index contributed by atoms with van der Waals surface area (Å²) in [5.41, 5.74) is 2.52. The van der Waals surface area contributed by atoms with Gasteiger partial charge in [0, 0.05) is 41.9 Å². The Kier molecular flexibility index (Phi) is 6.06. The molecule has 160 valence electrons. The third kappa shape index (κ3) is 4.34. The highest BCUT2D eigenvalue weighted by Crippen LogP contribution is 2.36. The van der Waals surface area contributed by atoms with Gasteiger partial charge in [-0.25, -0.2) is 9.67 Å².